The van der Waals surface area contributed by atoms with Crippen molar-refractivity contribution in [3.8, 4) is 22.3 Å². The summed E-state index contributed by atoms with van der Waals surface area (Å²) in [5.74, 6) is 0. The van der Waals surface area contributed by atoms with Gasteiger partial charge in [-0.3, -0.25) is 0 Å². The zero-order valence-corrected chi connectivity index (χ0v) is 18.3. The lowest BCUT2D eigenvalue weighted by Gasteiger charge is -2.12. The van der Waals surface area contributed by atoms with Crippen molar-refractivity contribution in [2.75, 3.05) is 5.32 Å². The predicted octanol–water partition coefficient (Wildman–Crippen LogP) is 9.13. The van der Waals surface area contributed by atoms with Gasteiger partial charge in [0.25, 0.3) is 0 Å². The van der Waals surface area contributed by atoms with Crippen LogP contribution < -0.4 is 5.32 Å². The standard InChI is InChI=1S/C30H21NS/c1-2-9-21(10-3-1)24-11-4-5-12-25(24)22-17-19-23(20-18-22)31-28-15-8-14-27-26-13-6-7-16-29(26)32-30(27)28/h1-20,31H. The highest BCUT2D eigenvalue weighted by molar-refractivity contribution is 7.26. The molecule has 2 heteroatoms. The normalized spacial score (nSPS) is 11.1. The first-order chi connectivity index (χ1) is 15.9. The third kappa shape index (κ3) is 3.35. The zero-order chi connectivity index (χ0) is 21.3. The van der Waals surface area contributed by atoms with E-state index in [4.69, 9.17) is 0 Å². The summed E-state index contributed by atoms with van der Waals surface area (Å²) in [6.45, 7) is 0. The van der Waals surface area contributed by atoms with Gasteiger partial charge in [0.2, 0.25) is 0 Å². The Balaban J connectivity index is 1.35. The largest absolute Gasteiger partial charge is 0.354 e. The van der Waals surface area contributed by atoms with Crippen molar-refractivity contribution < 1.29 is 0 Å². The van der Waals surface area contributed by atoms with Crippen LogP contribution >= 0.6 is 11.3 Å². The van der Waals surface area contributed by atoms with E-state index in [1.165, 1.54) is 42.4 Å². The van der Waals surface area contributed by atoms with Crippen LogP contribution in [0.15, 0.2) is 121 Å². The Morgan fingerprint density at radius 1 is 0.469 bits per heavy atom. The van der Waals surface area contributed by atoms with Gasteiger partial charge < -0.3 is 5.32 Å². The molecule has 0 aliphatic carbocycles. The molecule has 0 fully saturated rings. The summed E-state index contributed by atoms with van der Waals surface area (Å²) < 4.78 is 2.62. The zero-order valence-electron chi connectivity index (χ0n) is 17.5. The van der Waals surface area contributed by atoms with Crippen LogP contribution in [0.25, 0.3) is 42.4 Å². The van der Waals surface area contributed by atoms with Crippen LogP contribution in [-0.2, 0) is 0 Å². The SMILES string of the molecule is c1ccc(-c2ccccc2-c2ccc(Nc3cccc4c3sc3ccccc34)cc2)cc1. The molecule has 0 atom stereocenters. The van der Waals surface area contributed by atoms with E-state index in [0.717, 1.165) is 11.4 Å². The second-order valence-electron chi connectivity index (χ2n) is 7.89. The van der Waals surface area contributed by atoms with E-state index in [1.54, 1.807) is 0 Å². The number of benzene rings is 5. The fraction of sp³-hybridized carbons (Fsp3) is 0. The van der Waals surface area contributed by atoms with Crippen molar-refractivity contribution in [2.45, 2.75) is 0 Å². The van der Waals surface area contributed by atoms with Gasteiger partial charge >= 0.3 is 0 Å². The van der Waals surface area contributed by atoms with Gasteiger partial charge in [0.05, 0.1) is 10.4 Å². The van der Waals surface area contributed by atoms with Crippen molar-refractivity contribution in [1.82, 2.24) is 0 Å². The maximum atomic E-state index is 3.64. The molecule has 0 saturated carbocycles. The maximum absolute atomic E-state index is 3.64. The lowest BCUT2D eigenvalue weighted by molar-refractivity contribution is 1.55. The number of hydrogen-bond donors (Lipinski definition) is 1. The molecule has 1 heterocycles. The van der Waals surface area contributed by atoms with Gasteiger partial charge in [-0.05, 0) is 46.5 Å². The van der Waals surface area contributed by atoms with Crippen LogP contribution in [-0.4, -0.2) is 0 Å². The summed E-state index contributed by atoms with van der Waals surface area (Å²) in [6, 6.07) is 43.1. The molecule has 152 valence electrons. The van der Waals surface area contributed by atoms with Gasteiger partial charge in [-0.25, -0.2) is 0 Å². The van der Waals surface area contributed by atoms with Crippen LogP contribution in [0.3, 0.4) is 0 Å². The summed E-state index contributed by atoms with van der Waals surface area (Å²) in [6.07, 6.45) is 0. The van der Waals surface area contributed by atoms with E-state index in [0.29, 0.717) is 0 Å². The molecule has 0 aliphatic heterocycles. The summed E-state index contributed by atoms with van der Waals surface area (Å²) in [5, 5.41) is 6.28. The highest BCUT2D eigenvalue weighted by Crippen LogP contribution is 2.39. The minimum atomic E-state index is 1.09. The summed E-state index contributed by atoms with van der Waals surface area (Å²) in [4.78, 5) is 0. The van der Waals surface area contributed by atoms with E-state index < -0.39 is 0 Å². The molecule has 0 unspecified atom stereocenters. The molecular weight excluding hydrogens is 406 g/mol. The number of thiophene rings is 1. The van der Waals surface area contributed by atoms with E-state index >= 15 is 0 Å². The Morgan fingerprint density at radius 3 is 1.88 bits per heavy atom. The van der Waals surface area contributed by atoms with Crippen LogP contribution in [0.2, 0.25) is 0 Å². The topological polar surface area (TPSA) is 12.0 Å². The number of rotatable bonds is 4. The maximum Gasteiger partial charge on any atom is 0.0590 e. The van der Waals surface area contributed by atoms with Gasteiger partial charge in [0.15, 0.2) is 0 Å². The lowest BCUT2D eigenvalue weighted by Crippen LogP contribution is -1.91. The Kier molecular flexibility index (Phi) is 4.71. The van der Waals surface area contributed by atoms with Gasteiger partial charge in [0, 0.05) is 21.2 Å². The molecule has 0 aliphatic rings. The van der Waals surface area contributed by atoms with Gasteiger partial charge in [-0.15, -0.1) is 11.3 Å². The van der Waals surface area contributed by atoms with Crippen LogP contribution in [0, 0.1) is 0 Å². The average molecular weight is 428 g/mol. The number of nitrogens with one attached hydrogen (secondary N) is 1. The van der Waals surface area contributed by atoms with Crippen LogP contribution in [0.1, 0.15) is 0 Å². The molecule has 1 N–H and O–H groups in total. The van der Waals surface area contributed by atoms with Gasteiger partial charge in [0.1, 0.15) is 0 Å². The third-order valence-electron chi connectivity index (χ3n) is 5.89. The van der Waals surface area contributed by atoms with Crippen molar-refractivity contribution in [2.24, 2.45) is 0 Å². The molecule has 6 aromatic rings. The number of fused-ring (bicyclic) bond motifs is 3. The van der Waals surface area contributed by atoms with Crippen LogP contribution in [0.5, 0.6) is 0 Å². The highest BCUT2D eigenvalue weighted by Gasteiger charge is 2.10. The number of anilines is 2. The smallest absolute Gasteiger partial charge is 0.0590 e. The molecule has 0 saturated heterocycles. The second-order valence-corrected chi connectivity index (χ2v) is 8.95. The van der Waals surface area contributed by atoms with Crippen molar-refractivity contribution >= 4 is 42.9 Å². The first kappa shape index (κ1) is 18.9. The predicted molar refractivity (Wildman–Crippen MR) is 140 cm³/mol. The minimum absolute atomic E-state index is 1.09. The molecule has 1 aromatic heterocycles. The third-order valence-corrected chi connectivity index (χ3v) is 7.11. The molecule has 6 rings (SSSR count). The van der Waals surface area contributed by atoms with E-state index in [9.17, 15) is 0 Å². The lowest BCUT2D eigenvalue weighted by atomic mass is 9.94. The van der Waals surface area contributed by atoms with E-state index in [2.05, 4.69) is 127 Å². The molecule has 1 nitrogen and oxygen atoms in total. The molecule has 32 heavy (non-hydrogen) atoms. The van der Waals surface area contributed by atoms with Crippen LogP contribution in [0.4, 0.5) is 11.4 Å². The first-order valence-corrected chi connectivity index (χ1v) is 11.6. The molecule has 0 spiro atoms. The number of hydrogen-bond acceptors (Lipinski definition) is 2. The summed E-state index contributed by atoms with van der Waals surface area (Å²) in [7, 11) is 0. The first-order valence-electron chi connectivity index (χ1n) is 10.8. The van der Waals surface area contributed by atoms with E-state index in [-0.39, 0.29) is 0 Å². The fourth-order valence-electron chi connectivity index (χ4n) is 4.34. The highest BCUT2D eigenvalue weighted by atomic mass is 32.1. The quantitative estimate of drug-likeness (QED) is 0.296. The Bertz CT molecular complexity index is 1530. The van der Waals surface area contributed by atoms with Crippen molar-refractivity contribution in [1.29, 1.82) is 0 Å². The van der Waals surface area contributed by atoms with Crippen molar-refractivity contribution in [3.63, 3.8) is 0 Å². The molecular formula is C30H21NS. The van der Waals surface area contributed by atoms with Crippen molar-refractivity contribution in [3.05, 3.63) is 121 Å². The second kappa shape index (κ2) is 7.99. The van der Waals surface area contributed by atoms with Gasteiger partial charge in [-0.2, -0.15) is 0 Å². The summed E-state index contributed by atoms with van der Waals surface area (Å²) >= 11 is 1.84. The van der Waals surface area contributed by atoms with E-state index in [1.807, 2.05) is 11.3 Å². The Morgan fingerprint density at radius 2 is 1.09 bits per heavy atom. The molecule has 5 aromatic carbocycles. The monoisotopic (exact) mass is 427 g/mol. The average Bonchev–Trinajstić information content (AvgIpc) is 3.25. The molecule has 0 amide bonds. The molecule has 0 radical (unpaired) electrons. The minimum Gasteiger partial charge on any atom is -0.354 e. The Hall–Kier alpha value is -3.88. The summed E-state index contributed by atoms with van der Waals surface area (Å²) in [5.41, 5.74) is 7.20. The molecule has 0 bridgehead atoms. The van der Waals surface area contributed by atoms with Gasteiger partial charge in [-0.1, -0.05) is 97.1 Å². The fourth-order valence-corrected chi connectivity index (χ4v) is 5.51. The Labute approximate surface area is 191 Å².